The van der Waals surface area contributed by atoms with E-state index in [1.165, 1.54) is 22.7 Å². The van der Waals surface area contributed by atoms with Crippen LogP contribution in [-0.2, 0) is 16.0 Å². The molecule has 3 heterocycles. The highest BCUT2D eigenvalue weighted by molar-refractivity contribution is 7.15. The fourth-order valence-corrected chi connectivity index (χ4v) is 3.90. The van der Waals surface area contributed by atoms with Crippen molar-refractivity contribution in [1.82, 2.24) is 9.97 Å². The maximum Gasteiger partial charge on any atom is 0.232 e. The minimum Gasteiger partial charge on any atom is -0.302 e. The highest BCUT2D eigenvalue weighted by Gasteiger charge is 2.24. The van der Waals surface area contributed by atoms with Crippen LogP contribution in [0.3, 0.4) is 0 Å². The van der Waals surface area contributed by atoms with E-state index in [9.17, 15) is 9.59 Å². The minimum absolute atomic E-state index is 0.110. The lowest BCUT2D eigenvalue weighted by atomic mass is 10.3. The maximum atomic E-state index is 12.0. The topological polar surface area (TPSA) is 75.2 Å². The summed E-state index contributed by atoms with van der Waals surface area (Å²) in [6, 6.07) is 0. The minimum atomic E-state index is -0.140. The Balaban J connectivity index is 1.62. The van der Waals surface area contributed by atoms with Gasteiger partial charge in [-0.1, -0.05) is 0 Å². The van der Waals surface area contributed by atoms with E-state index >= 15 is 0 Å². The van der Waals surface area contributed by atoms with Gasteiger partial charge in [0.1, 0.15) is 0 Å². The molecule has 1 saturated heterocycles. The van der Waals surface area contributed by atoms with Crippen LogP contribution in [-0.4, -0.2) is 28.3 Å². The van der Waals surface area contributed by atoms with E-state index in [0.29, 0.717) is 22.4 Å². The first-order chi connectivity index (χ1) is 10.5. The quantitative estimate of drug-likeness (QED) is 0.931. The second-order valence-corrected chi connectivity index (χ2v) is 7.20. The predicted octanol–water partition coefficient (Wildman–Crippen LogP) is 2.52. The average molecular weight is 336 g/mol. The van der Waals surface area contributed by atoms with Crippen LogP contribution in [0.2, 0.25) is 0 Å². The van der Waals surface area contributed by atoms with Gasteiger partial charge in [0.2, 0.25) is 11.8 Å². The molecule has 1 aliphatic heterocycles. The Bertz CT molecular complexity index is 703. The molecule has 2 aromatic rings. The number of carbonyl (C=O) groups is 2. The standard InChI is InChI=1S/C14H16N4O2S2/c1-8-9(2)22-13(15-8)17-11(19)6-10-7-21-14(16-10)18-5-3-4-12(18)20/h7H,3-6H2,1-2H3,(H,15,17,19). The summed E-state index contributed by atoms with van der Waals surface area (Å²) >= 11 is 2.87. The number of anilines is 2. The molecule has 0 unspecified atom stereocenters. The van der Waals surface area contributed by atoms with E-state index in [1.807, 2.05) is 19.2 Å². The average Bonchev–Trinajstić information content (AvgIpc) is 3.13. The molecular weight excluding hydrogens is 320 g/mol. The summed E-state index contributed by atoms with van der Waals surface area (Å²) in [6.45, 7) is 4.61. The lowest BCUT2D eigenvalue weighted by molar-refractivity contribution is -0.117. The maximum absolute atomic E-state index is 12.0. The van der Waals surface area contributed by atoms with E-state index in [0.717, 1.165) is 23.5 Å². The number of aryl methyl sites for hydroxylation is 2. The fourth-order valence-electron chi connectivity index (χ4n) is 2.21. The molecule has 2 aromatic heterocycles. The van der Waals surface area contributed by atoms with Crippen molar-refractivity contribution >= 4 is 44.8 Å². The van der Waals surface area contributed by atoms with Crippen molar-refractivity contribution in [3.8, 4) is 0 Å². The summed E-state index contributed by atoms with van der Waals surface area (Å²) in [6.07, 6.45) is 1.64. The molecule has 1 fully saturated rings. The van der Waals surface area contributed by atoms with Crippen molar-refractivity contribution in [2.45, 2.75) is 33.1 Å². The van der Waals surface area contributed by atoms with E-state index in [-0.39, 0.29) is 18.2 Å². The number of thiazole rings is 2. The molecule has 1 aliphatic rings. The fraction of sp³-hybridized carbons (Fsp3) is 0.429. The van der Waals surface area contributed by atoms with Gasteiger partial charge in [-0.25, -0.2) is 9.97 Å². The Morgan fingerprint density at radius 3 is 2.86 bits per heavy atom. The number of hydrogen-bond acceptors (Lipinski definition) is 6. The van der Waals surface area contributed by atoms with Gasteiger partial charge < -0.3 is 5.32 Å². The molecule has 0 atom stereocenters. The highest BCUT2D eigenvalue weighted by atomic mass is 32.1. The van der Waals surface area contributed by atoms with Crippen LogP contribution in [0.25, 0.3) is 0 Å². The Labute approximate surface area is 136 Å². The van der Waals surface area contributed by atoms with Gasteiger partial charge in [-0.3, -0.25) is 14.5 Å². The van der Waals surface area contributed by atoms with Crippen molar-refractivity contribution < 1.29 is 9.59 Å². The molecule has 0 spiro atoms. The molecular formula is C14H16N4O2S2. The van der Waals surface area contributed by atoms with E-state index in [4.69, 9.17) is 0 Å². The zero-order valence-corrected chi connectivity index (χ0v) is 14.0. The summed E-state index contributed by atoms with van der Waals surface area (Å²) in [5.74, 6) is -0.0302. The number of hydrogen-bond donors (Lipinski definition) is 1. The lowest BCUT2D eigenvalue weighted by Gasteiger charge is -2.10. The molecule has 1 N–H and O–H groups in total. The molecule has 3 rings (SSSR count). The van der Waals surface area contributed by atoms with Gasteiger partial charge >= 0.3 is 0 Å². The first kappa shape index (κ1) is 15.1. The summed E-state index contributed by atoms with van der Waals surface area (Å²) < 4.78 is 0. The Morgan fingerprint density at radius 2 is 2.23 bits per heavy atom. The largest absolute Gasteiger partial charge is 0.302 e. The second-order valence-electron chi connectivity index (χ2n) is 5.16. The van der Waals surface area contributed by atoms with Gasteiger partial charge in [0.25, 0.3) is 0 Å². The third kappa shape index (κ3) is 3.17. The van der Waals surface area contributed by atoms with Crippen LogP contribution in [0.5, 0.6) is 0 Å². The molecule has 116 valence electrons. The SMILES string of the molecule is Cc1nc(NC(=O)Cc2csc(N3CCCC3=O)n2)sc1C. The summed E-state index contributed by atoms with van der Waals surface area (Å²) in [7, 11) is 0. The van der Waals surface area contributed by atoms with E-state index in [1.54, 1.807) is 4.90 Å². The Kier molecular flexibility index (Phi) is 4.21. The summed E-state index contributed by atoms with van der Waals surface area (Å²) in [5.41, 5.74) is 1.62. The van der Waals surface area contributed by atoms with Crippen molar-refractivity contribution in [3.05, 3.63) is 21.6 Å². The van der Waals surface area contributed by atoms with Crippen LogP contribution in [0, 0.1) is 13.8 Å². The van der Waals surface area contributed by atoms with Crippen molar-refractivity contribution in [1.29, 1.82) is 0 Å². The van der Waals surface area contributed by atoms with Crippen molar-refractivity contribution in [2.75, 3.05) is 16.8 Å². The highest BCUT2D eigenvalue weighted by Crippen LogP contribution is 2.26. The van der Waals surface area contributed by atoms with Crippen LogP contribution in [0.4, 0.5) is 10.3 Å². The first-order valence-electron chi connectivity index (χ1n) is 7.01. The van der Waals surface area contributed by atoms with Gasteiger partial charge in [0.05, 0.1) is 17.8 Å². The number of nitrogens with one attached hydrogen (secondary N) is 1. The Hall–Kier alpha value is -1.80. The number of amides is 2. The van der Waals surface area contributed by atoms with E-state index < -0.39 is 0 Å². The van der Waals surface area contributed by atoms with E-state index in [2.05, 4.69) is 15.3 Å². The molecule has 6 nitrogen and oxygen atoms in total. The molecule has 0 aromatic carbocycles. The molecule has 8 heteroatoms. The molecule has 0 radical (unpaired) electrons. The van der Waals surface area contributed by atoms with Crippen LogP contribution >= 0.6 is 22.7 Å². The Morgan fingerprint density at radius 1 is 1.41 bits per heavy atom. The normalized spacial score (nSPS) is 14.6. The molecule has 0 saturated carbocycles. The van der Waals surface area contributed by atoms with Crippen LogP contribution in [0.15, 0.2) is 5.38 Å². The van der Waals surface area contributed by atoms with Crippen molar-refractivity contribution in [3.63, 3.8) is 0 Å². The lowest BCUT2D eigenvalue weighted by Crippen LogP contribution is -2.23. The van der Waals surface area contributed by atoms with Gasteiger partial charge in [-0.05, 0) is 20.3 Å². The molecule has 0 bridgehead atoms. The predicted molar refractivity (Wildman–Crippen MR) is 87.6 cm³/mol. The molecule has 22 heavy (non-hydrogen) atoms. The van der Waals surface area contributed by atoms with Gasteiger partial charge in [-0.2, -0.15) is 0 Å². The monoisotopic (exact) mass is 336 g/mol. The van der Waals surface area contributed by atoms with Gasteiger partial charge in [0.15, 0.2) is 10.3 Å². The number of nitrogens with zero attached hydrogens (tertiary/aromatic N) is 3. The zero-order chi connectivity index (χ0) is 15.7. The smallest absolute Gasteiger partial charge is 0.232 e. The van der Waals surface area contributed by atoms with Crippen molar-refractivity contribution in [2.24, 2.45) is 0 Å². The first-order valence-corrected chi connectivity index (χ1v) is 8.71. The van der Waals surface area contributed by atoms with Gasteiger partial charge in [-0.15, -0.1) is 22.7 Å². The van der Waals surface area contributed by atoms with Crippen LogP contribution in [0.1, 0.15) is 29.1 Å². The summed E-state index contributed by atoms with van der Waals surface area (Å²) in [4.78, 5) is 35.2. The molecule has 0 aliphatic carbocycles. The van der Waals surface area contributed by atoms with Gasteiger partial charge in [0, 0.05) is 23.2 Å². The third-order valence-corrected chi connectivity index (χ3v) is 5.36. The second kappa shape index (κ2) is 6.13. The van der Waals surface area contributed by atoms with Crippen LogP contribution < -0.4 is 10.2 Å². The summed E-state index contributed by atoms with van der Waals surface area (Å²) in [5, 5.41) is 5.93. The molecule has 2 amide bonds. The third-order valence-electron chi connectivity index (χ3n) is 3.46. The number of rotatable bonds is 4. The number of aromatic nitrogens is 2. The zero-order valence-electron chi connectivity index (χ0n) is 12.4. The number of carbonyl (C=O) groups excluding carboxylic acids is 2.